The topological polar surface area (TPSA) is 128 Å². The fraction of sp³-hybridized carbons (Fsp3) is 0.533. The van der Waals surface area contributed by atoms with E-state index in [-0.39, 0.29) is 24.0 Å². The number of amides is 1. The molecule has 0 aliphatic carbocycles. The summed E-state index contributed by atoms with van der Waals surface area (Å²) in [5, 5.41) is 11.4. The predicted octanol–water partition coefficient (Wildman–Crippen LogP) is -0.807. The third-order valence-corrected chi connectivity index (χ3v) is 3.94. The minimum atomic E-state index is -0.964. The Morgan fingerprint density at radius 1 is 1.28 bits per heavy atom. The van der Waals surface area contributed by atoms with Crippen LogP contribution in [0.15, 0.2) is 15.9 Å². The van der Waals surface area contributed by atoms with E-state index in [1.165, 1.54) is 22.5 Å². The average Bonchev–Trinajstić information content (AvgIpc) is 2.89. The van der Waals surface area contributed by atoms with E-state index in [0.29, 0.717) is 0 Å². The zero-order valence-electron chi connectivity index (χ0n) is 14.6. The Morgan fingerprint density at radius 3 is 2.52 bits per heavy atom. The number of aliphatic carboxylic acids is 1. The van der Waals surface area contributed by atoms with Crippen LogP contribution in [0.25, 0.3) is 11.2 Å². The number of aryl methyl sites for hydroxylation is 2. The number of nitrogens with one attached hydrogen (secondary N) is 1. The number of carbonyl (C=O) groups is 2. The molecule has 1 amide bonds. The molecule has 0 bridgehead atoms. The number of fused-ring (bicyclic) bond motifs is 1. The van der Waals surface area contributed by atoms with Crippen LogP contribution in [0.1, 0.15) is 26.7 Å². The molecule has 2 aromatic rings. The lowest BCUT2D eigenvalue weighted by Gasteiger charge is -2.25. The molecule has 2 rings (SSSR count). The van der Waals surface area contributed by atoms with Crippen LogP contribution in [-0.4, -0.2) is 41.2 Å². The van der Waals surface area contributed by atoms with Gasteiger partial charge in [0.1, 0.15) is 6.54 Å². The molecule has 2 N–H and O–H groups in total. The molecule has 0 unspecified atom stereocenters. The predicted molar refractivity (Wildman–Crippen MR) is 89.3 cm³/mol. The van der Waals surface area contributed by atoms with Gasteiger partial charge in [0.15, 0.2) is 11.2 Å². The van der Waals surface area contributed by atoms with Crippen molar-refractivity contribution in [1.29, 1.82) is 0 Å². The summed E-state index contributed by atoms with van der Waals surface area (Å²) in [4.78, 5) is 51.8. The van der Waals surface area contributed by atoms with Gasteiger partial charge in [0.05, 0.1) is 6.33 Å². The molecule has 2 heterocycles. The highest BCUT2D eigenvalue weighted by atomic mass is 16.4. The summed E-state index contributed by atoms with van der Waals surface area (Å²) in [6, 6.07) is 0. The van der Waals surface area contributed by atoms with Crippen molar-refractivity contribution in [2.24, 2.45) is 14.1 Å². The maximum Gasteiger partial charge on any atom is 0.332 e. The quantitative estimate of drug-likeness (QED) is 0.701. The minimum Gasteiger partial charge on any atom is -0.481 e. The van der Waals surface area contributed by atoms with Gasteiger partial charge in [0, 0.05) is 26.1 Å². The molecule has 0 saturated carbocycles. The smallest absolute Gasteiger partial charge is 0.332 e. The summed E-state index contributed by atoms with van der Waals surface area (Å²) < 4.78 is 3.54. The van der Waals surface area contributed by atoms with Gasteiger partial charge >= 0.3 is 11.7 Å². The van der Waals surface area contributed by atoms with Gasteiger partial charge in [-0.05, 0) is 20.3 Å². The van der Waals surface area contributed by atoms with Crippen molar-refractivity contribution in [2.75, 3.05) is 0 Å². The number of nitrogens with zero attached hydrogens (tertiary/aromatic N) is 4. The van der Waals surface area contributed by atoms with Crippen molar-refractivity contribution in [3.8, 4) is 0 Å². The Morgan fingerprint density at radius 2 is 1.92 bits per heavy atom. The lowest BCUT2D eigenvalue weighted by atomic mass is 9.98. The van der Waals surface area contributed by atoms with Crippen LogP contribution in [-0.2, 0) is 30.2 Å². The van der Waals surface area contributed by atoms with Gasteiger partial charge in [-0.2, -0.15) is 0 Å². The number of carboxylic acids is 1. The first-order chi connectivity index (χ1) is 11.5. The first-order valence-electron chi connectivity index (χ1n) is 7.67. The second kappa shape index (κ2) is 6.54. The summed E-state index contributed by atoms with van der Waals surface area (Å²) in [6.45, 7) is 2.90. The maximum absolute atomic E-state index is 12.5. The Labute approximate surface area is 142 Å². The molecule has 0 fully saturated rings. The number of hydrogen-bond acceptors (Lipinski definition) is 5. The SMILES string of the molecule is Cn1cnc2c1c(=O)n(CC(=O)NC(C)(C)CCC(=O)O)c(=O)n2C. The zero-order chi connectivity index (χ0) is 18.9. The molecular formula is C15H21N5O5. The molecular weight excluding hydrogens is 330 g/mol. The van der Waals surface area contributed by atoms with E-state index in [2.05, 4.69) is 10.3 Å². The molecule has 0 aromatic carbocycles. The Hall–Kier alpha value is -2.91. The number of aromatic nitrogens is 4. The number of imidazole rings is 1. The third kappa shape index (κ3) is 3.78. The lowest BCUT2D eigenvalue weighted by Crippen LogP contribution is -2.49. The monoisotopic (exact) mass is 351 g/mol. The number of carbonyl (C=O) groups excluding carboxylic acids is 1. The van der Waals surface area contributed by atoms with Gasteiger partial charge in [-0.3, -0.25) is 19.0 Å². The highest BCUT2D eigenvalue weighted by Gasteiger charge is 2.23. The molecule has 10 nitrogen and oxygen atoms in total. The number of hydrogen-bond donors (Lipinski definition) is 2. The molecule has 0 saturated heterocycles. The molecule has 2 aromatic heterocycles. The standard InChI is InChI=1S/C15H21N5O5/c1-15(2,6-5-10(22)23)17-9(21)7-20-13(24)11-12(16-8-18(11)3)19(4)14(20)25/h8H,5-7H2,1-4H3,(H,17,21)(H,22,23). The number of rotatable bonds is 6. The first-order valence-corrected chi connectivity index (χ1v) is 7.67. The second-order valence-corrected chi connectivity index (χ2v) is 6.59. The second-order valence-electron chi connectivity index (χ2n) is 6.59. The van der Waals surface area contributed by atoms with E-state index in [0.717, 1.165) is 4.57 Å². The van der Waals surface area contributed by atoms with E-state index in [4.69, 9.17) is 5.11 Å². The maximum atomic E-state index is 12.5. The van der Waals surface area contributed by atoms with Crippen LogP contribution < -0.4 is 16.6 Å². The summed E-state index contributed by atoms with van der Waals surface area (Å²) in [7, 11) is 3.10. The molecule has 0 atom stereocenters. The van der Waals surface area contributed by atoms with E-state index < -0.39 is 35.2 Å². The van der Waals surface area contributed by atoms with Crippen LogP contribution in [0.2, 0.25) is 0 Å². The van der Waals surface area contributed by atoms with E-state index in [1.54, 1.807) is 20.9 Å². The molecule has 0 spiro atoms. The van der Waals surface area contributed by atoms with Crippen molar-refractivity contribution in [3.63, 3.8) is 0 Å². The Balaban J connectivity index is 2.30. The fourth-order valence-electron chi connectivity index (χ4n) is 2.58. The largest absolute Gasteiger partial charge is 0.481 e. The zero-order valence-corrected chi connectivity index (χ0v) is 14.6. The van der Waals surface area contributed by atoms with Crippen molar-refractivity contribution in [3.05, 3.63) is 27.2 Å². The molecule has 25 heavy (non-hydrogen) atoms. The van der Waals surface area contributed by atoms with Gasteiger partial charge in [0.2, 0.25) is 5.91 Å². The van der Waals surface area contributed by atoms with E-state index in [9.17, 15) is 19.2 Å². The highest BCUT2D eigenvalue weighted by molar-refractivity contribution is 5.77. The Kier molecular flexibility index (Phi) is 4.82. The summed E-state index contributed by atoms with van der Waals surface area (Å²) in [5.41, 5.74) is -1.55. The summed E-state index contributed by atoms with van der Waals surface area (Å²) >= 11 is 0. The van der Waals surface area contributed by atoms with Crippen LogP contribution in [0.3, 0.4) is 0 Å². The third-order valence-electron chi connectivity index (χ3n) is 3.94. The van der Waals surface area contributed by atoms with Crippen molar-refractivity contribution < 1.29 is 14.7 Å². The summed E-state index contributed by atoms with van der Waals surface area (Å²) in [6.07, 6.45) is 1.54. The van der Waals surface area contributed by atoms with E-state index >= 15 is 0 Å². The Bertz CT molecular complexity index is 950. The summed E-state index contributed by atoms with van der Waals surface area (Å²) in [5.74, 6) is -1.51. The van der Waals surface area contributed by atoms with Crippen LogP contribution in [0.5, 0.6) is 0 Å². The average molecular weight is 351 g/mol. The lowest BCUT2D eigenvalue weighted by molar-refractivity contribution is -0.137. The van der Waals surface area contributed by atoms with Crippen LogP contribution >= 0.6 is 0 Å². The van der Waals surface area contributed by atoms with Gasteiger partial charge in [-0.25, -0.2) is 14.3 Å². The van der Waals surface area contributed by atoms with Gasteiger partial charge < -0.3 is 15.0 Å². The van der Waals surface area contributed by atoms with Crippen molar-refractivity contribution in [2.45, 2.75) is 38.8 Å². The molecule has 0 aliphatic rings. The minimum absolute atomic E-state index is 0.101. The van der Waals surface area contributed by atoms with Gasteiger partial charge in [-0.15, -0.1) is 0 Å². The highest BCUT2D eigenvalue weighted by Crippen LogP contribution is 2.11. The van der Waals surface area contributed by atoms with Crippen LogP contribution in [0.4, 0.5) is 0 Å². The molecule has 0 radical (unpaired) electrons. The normalized spacial score (nSPS) is 11.7. The molecule has 10 heteroatoms. The van der Waals surface area contributed by atoms with Crippen LogP contribution in [0, 0.1) is 0 Å². The van der Waals surface area contributed by atoms with Crippen molar-refractivity contribution in [1.82, 2.24) is 24.0 Å². The van der Waals surface area contributed by atoms with Crippen molar-refractivity contribution >= 4 is 23.0 Å². The number of carboxylic acid groups (broad SMARTS) is 1. The first kappa shape index (κ1) is 18.4. The van der Waals surface area contributed by atoms with E-state index in [1.807, 2.05) is 0 Å². The molecule has 0 aliphatic heterocycles. The molecule has 136 valence electrons. The fourth-order valence-corrected chi connectivity index (χ4v) is 2.58. The van der Waals surface area contributed by atoms with Gasteiger partial charge in [-0.1, -0.05) is 0 Å². The van der Waals surface area contributed by atoms with Gasteiger partial charge in [0.25, 0.3) is 5.56 Å².